The number of hydrogen-bond donors (Lipinski definition) is 1. The Balaban J connectivity index is 2.15. The van der Waals surface area contributed by atoms with E-state index < -0.39 is 5.97 Å². The summed E-state index contributed by atoms with van der Waals surface area (Å²) >= 11 is 0. The number of aliphatic carboxylic acids is 1. The van der Waals surface area contributed by atoms with Crippen LogP contribution in [0.25, 0.3) is 0 Å². The standard InChI is InChI=1S/C13H25NO3/c1-2-11-17-12-5-3-8-14(10-7-12)9-4-6-13(15)16/h12H,2-11H2,1H3,(H,15,16). The van der Waals surface area contributed by atoms with Crippen molar-refractivity contribution in [2.75, 3.05) is 26.2 Å². The van der Waals surface area contributed by atoms with Crippen molar-refractivity contribution in [3.63, 3.8) is 0 Å². The summed E-state index contributed by atoms with van der Waals surface area (Å²) in [6, 6.07) is 0. The fraction of sp³-hybridized carbons (Fsp3) is 0.923. The van der Waals surface area contributed by atoms with Crippen molar-refractivity contribution in [2.45, 2.75) is 51.6 Å². The van der Waals surface area contributed by atoms with Gasteiger partial charge in [0.2, 0.25) is 0 Å². The normalized spacial score (nSPS) is 22.3. The highest BCUT2D eigenvalue weighted by Crippen LogP contribution is 2.14. The Morgan fingerprint density at radius 3 is 2.94 bits per heavy atom. The monoisotopic (exact) mass is 243 g/mol. The SMILES string of the molecule is CCCOC1CCCN(CCCC(=O)O)CC1. The van der Waals surface area contributed by atoms with Gasteiger partial charge in [-0.05, 0) is 45.2 Å². The van der Waals surface area contributed by atoms with E-state index in [0.717, 1.165) is 51.9 Å². The fourth-order valence-electron chi connectivity index (χ4n) is 2.25. The Kier molecular flexibility index (Phi) is 7.21. The number of hydrogen-bond acceptors (Lipinski definition) is 3. The molecule has 1 unspecified atom stereocenters. The van der Waals surface area contributed by atoms with Crippen LogP contribution in [0.15, 0.2) is 0 Å². The van der Waals surface area contributed by atoms with Crippen LogP contribution in [-0.2, 0) is 9.53 Å². The summed E-state index contributed by atoms with van der Waals surface area (Å²) in [7, 11) is 0. The van der Waals surface area contributed by atoms with E-state index in [4.69, 9.17) is 9.84 Å². The molecule has 1 heterocycles. The van der Waals surface area contributed by atoms with Gasteiger partial charge in [-0.25, -0.2) is 0 Å². The van der Waals surface area contributed by atoms with Crippen molar-refractivity contribution in [1.82, 2.24) is 4.90 Å². The van der Waals surface area contributed by atoms with Gasteiger partial charge < -0.3 is 14.7 Å². The van der Waals surface area contributed by atoms with Gasteiger partial charge in [-0.2, -0.15) is 0 Å². The van der Waals surface area contributed by atoms with Crippen LogP contribution in [0.5, 0.6) is 0 Å². The van der Waals surface area contributed by atoms with Gasteiger partial charge in [0.1, 0.15) is 0 Å². The van der Waals surface area contributed by atoms with Crippen LogP contribution in [0, 0.1) is 0 Å². The number of carbonyl (C=O) groups is 1. The molecule has 4 heteroatoms. The van der Waals surface area contributed by atoms with Crippen molar-refractivity contribution in [2.24, 2.45) is 0 Å². The lowest BCUT2D eigenvalue weighted by Crippen LogP contribution is -2.27. The van der Waals surface area contributed by atoms with Gasteiger partial charge in [0.05, 0.1) is 6.10 Å². The van der Waals surface area contributed by atoms with Crippen molar-refractivity contribution in [3.05, 3.63) is 0 Å². The van der Waals surface area contributed by atoms with E-state index in [-0.39, 0.29) is 6.42 Å². The zero-order chi connectivity index (χ0) is 12.5. The van der Waals surface area contributed by atoms with Crippen molar-refractivity contribution in [3.8, 4) is 0 Å². The molecule has 100 valence electrons. The van der Waals surface area contributed by atoms with Gasteiger partial charge in [-0.3, -0.25) is 4.79 Å². The maximum Gasteiger partial charge on any atom is 0.303 e. The van der Waals surface area contributed by atoms with Crippen LogP contribution >= 0.6 is 0 Å². The quantitative estimate of drug-likeness (QED) is 0.744. The largest absolute Gasteiger partial charge is 0.481 e. The molecule has 0 aromatic heterocycles. The molecule has 0 aromatic rings. The minimum atomic E-state index is -0.691. The average Bonchev–Trinajstić information content (AvgIpc) is 2.51. The molecule has 0 radical (unpaired) electrons. The van der Waals surface area contributed by atoms with Crippen molar-refractivity contribution < 1.29 is 14.6 Å². The van der Waals surface area contributed by atoms with Crippen molar-refractivity contribution >= 4 is 5.97 Å². The number of nitrogens with zero attached hydrogens (tertiary/aromatic N) is 1. The number of rotatable bonds is 7. The Bertz CT molecular complexity index is 221. The smallest absolute Gasteiger partial charge is 0.303 e. The van der Waals surface area contributed by atoms with Crippen molar-refractivity contribution in [1.29, 1.82) is 0 Å². The molecule has 1 saturated heterocycles. The third-order valence-electron chi connectivity index (χ3n) is 3.19. The van der Waals surface area contributed by atoms with Gasteiger partial charge in [0.15, 0.2) is 0 Å². The Morgan fingerprint density at radius 2 is 2.24 bits per heavy atom. The van der Waals surface area contributed by atoms with E-state index >= 15 is 0 Å². The van der Waals surface area contributed by atoms with E-state index in [1.165, 1.54) is 6.42 Å². The third kappa shape index (κ3) is 6.64. The maximum atomic E-state index is 10.4. The highest BCUT2D eigenvalue weighted by Gasteiger charge is 2.16. The summed E-state index contributed by atoms with van der Waals surface area (Å²) in [6.45, 7) is 6.05. The maximum absolute atomic E-state index is 10.4. The molecule has 1 N–H and O–H groups in total. The fourth-order valence-corrected chi connectivity index (χ4v) is 2.25. The summed E-state index contributed by atoms with van der Waals surface area (Å²) < 4.78 is 5.78. The first-order valence-electron chi connectivity index (χ1n) is 6.78. The van der Waals surface area contributed by atoms with Gasteiger partial charge in [-0.1, -0.05) is 6.92 Å². The number of carboxylic acid groups (broad SMARTS) is 1. The van der Waals surface area contributed by atoms with Crippen LogP contribution in [-0.4, -0.2) is 48.3 Å². The van der Waals surface area contributed by atoms with E-state index in [1.807, 2.05) is 0 Å². The molecule has 17 heavy (non-hydrogen) atoms. The Labute approximate surface area is 104 Å². The zero-order valence-electron chi connectivity index (χ0n) is 10.9. The highest BCUT2D eigenvalue weighted by molar-refractivity contribution is 5.66. The van der Waals surface area contributed by atoms with E-state index in [0.29, 0.717) is 6.10 Å². The molecule has 1 rings (SSSR count). The predicted molar refractivity (Wildman–Crippen MR) is 67.2 cm³/mol. The van der Waals surface area contributed by atoms with Crippen LogP contribution in [0.2, 0.25) is 0 Å². The summed E-state index contributed by atoms with van der Waals surface area (Å²) in [5.74, 6) is -0.691. The number of ether oxygens (including phenoxy) is 1. The summed E-state index contributed by atoms with van der Waals surface area (Å²) in [5.41, 5.74) is 0. The van der Waals surface area contributed by atoms with E-state index in [1.54, 1.807) is 0 Å². The average molecular weight is 243 g/mol. The zero-order valence-corrected chi connectivity index (χ0v) is 10.9. The molecular formula is C13H25NO3. The molecule has 0 spiro atoms. The first-order chi connectivity index (χ1) is 8.22. The van der Waals surface area contributed by atoms with E-state index in [2.05, 4.69) is 11.8 Å². The molecule has 1 aliphatic rings. The van der Waals surface area contributed by atoms with Gasteiger partial charge in [0.25, 0.3) is 0 Å². The molecule has 0 aliphatic carbocycles. The van der Waals surface area contributed by atoms with Crippen LogP contribution < -0.4 is 0 Å². The summed E-state index contributed by atoms with van der Waals surface area (Å²) in [6.07, 6.45) is 5.95. The minimum absolute atomic E-state index is 0.284. The molecule has 0 aromatic carbocycles. The van der Waals surface area contributed by atoms with Crippen LogP contribution in [0.3, 0.4) is 0 Å². The molecule has 1 aliphatic heterocycles. The first kappa shape index (κ1) is 14.5. The topological polar surface area (TPSA) is 49.8 Å². The molecule has 1 fully saturated rings. The molecule has 0 saturated carbocycles. The summed E-state index contributed by atoms with van der Waals surface area (Å²) in [5, 5.41) is 8.60. The predicted octanol–water partition coefficient (Wildman–Crippen LogP) is 2.13. The second-order valence-electron chi connectivity index (χ2n) is 4.76. The molecular weight excluding hydrogens is 218 g/mol. The lowest BCUT2D eigenvalue weighted by Gasteiger charge is -2.19. The number of carboxylic acids is 1. The number of likely N-dealkylation sites (tertiary alicyclic amines) is 1. The highest BCUT2D eigenvalue weighted by atomic mass is 16.5. The second kappa shape index (κ2) is 8.48. The van der Waals surface area contributed by atoms with Gasteiger partial charge in [0, 0.05) is 19.6 Å². The molecule has 0 amide bonds. The third-order valence-corrected chi connectivity index (χ3v) is 3.19. The Morgan fingerprint density at radius 1 is 1.41 bits per heavy atom. The summed E-state index contributed by atoms with van der Waals surface area (Å²) in [4.78, 5) is 12.8. The second-order valence-corrected chi connectivity index (χ2v) is 4.76. The lowest BCUT2D eigenvalue weighted by atomic mass is 10.2. The molecule has 4 nitrogen and oxygen atoms in total. The van der Waals surface area contributed by atoms with Crippen LogP contribution in [0.1, 0.15) is 45.4 Å². The van der Waals surface area contributed by atoms with Gasteiger partial charge >= 0.3 is 5.97 Å². The lowest BCUT2D eigenvalue weighted by molar-refractivity contribution is -0.137. The molecule has 1 atom stereocenters. The first-order valence-corrected chi connectivity index (χ1v) is 6.78. The van der Waals surface area contributed by atoms with Crippen LogP contribution in [0.4, 0.5) is 0 Å². The van der Waals surface area contributed by atoms with E-state index in [9.17, 15) is 4.79 Å². The van der Waals surface area contributed by atoms with Gasteiger partial charge in [-0.15, -0.1) is 0 Å². The Hall–Kier alpha value is -0.610. The molecule has 0 bridgehead atoms. The minimum Gasteiger partial charge on any atom is -0.481 e.